The number of carbonyl (C=O) groups excluding carboxylic acids is 1. The fraction of sp³-hybridized carbons (Fsp3) is 0.400. The summed E-state index contributed by atoms with van der Waals surface area (Å²) in [5.41, 5.74) is 0.00581. The highest BCUT2D eigenvalue weighted by molar-refractivity contribution is 7.16. The lowest BCUT2D eigenvalue weighted by Gasteiger charge is -2.29. The Labute approximate surface area is 186 Å². The molecule has 0 radical (unpaired) electrons. The van der Waals surface area contributed by atoms with Crippen molar-refractivity contribution >= 4 is 44.9 Å². The zero-order valence-corrected chi connectivity index (χ0v) is 18.6. The van der Waals surface area contributed by atoms with E-state index in [0.717, 1.165) is 13.8 Å². The number of nitrogens with zero attached hydrogens (tertiary/aromatic N) is 3. The van der Waals surface area contributed by atoms with Gasteiger partial charge in [0.1, 0.15) is 21.8 Å². The van der Waals surface area contributed by atoms with Gasteiger partial charge in [-0.2, -0.15) is 0 Å². The molecule has 0 aromatic carbocycles. The molecule has 0 saturated heterocycles. The van der Waals surface area contributed by atoms with E-state index in [1.54, 1.807) is 5.51 Å². The molecule has 0 aliphatic carbocycles. The molecule has 4 N–H and O–H groups in total. The summed E-state index contributed by atoms with van der Waals surface area (Å²) < 4.78 is 42.3. The predicted octanol–water partition coefficient (Wildman–Crippen LogP) is 3.93. The standard InChI is InChI=1S/C20H23F3N6O2S/c1-10(2)27-13-6-15(28-16-12(21)5-14-18(29-16)32-9-26-14)24-7-11(13)17(30)25-8-20(22,23)19(3,4)31/h5-7,9-10,31H,8H2,1-4H3,(H,25,30)(H2,24,27,28,29). The van der Waals surface area contributed by atoms with Crippen molar-refractivity contribution in [3.05, 3.63) is 35.2 Å². The van der Waals surface area contributed by atoms with Crippen molar-refractivity contribution in [2.75, 3.05) is 17.2 Å². The fourth-order valence-corrected chi connectivity index (χ4v) is 3.26. The average Bonchev–Trinajstić information content (AvgIpc) is 3.12. The maximum atomic E-state index is 14.4. The number of anilines is 3. The number of rotatable bonds is 8. The second kappa shape index (κ2) is 8.87. The van der Waals surface area contributed by atoms with E-state index in [9.17, 15) is 23.1 Å². The van der Waals surface area contributed by atoms with Crippen molar-refractivity contribution in [2.24, 2.45) is 0 Å². The second-order valence-corrected chi connectivity index (χ2v) is 8.81. The summed E-state index contributed by atoms with van der Waals surface area (Å²) in [6.07, 6.45) is 1.19. The van der Waals surface area contributed by atoms with Gasteiger partial charge in [-0.3, -0.25) is 4.79 Å². The molecule has 3 rings (SSSR count). The number of alkyl halides is 2. The minimum atomic E-state index is -3.54. The molecule has 3 heterocycles. The quantitative estimate of drug-likeness (QED) is 0.396. The van der Waals surface area contributed by atoms with Gasteiger partial charge in [0.25, 0.3) is 11.8 Å². The summed E-state index contributed by atoms with van der Waals surface area (Å²) >= 11 is 1.25. The number of hydrogen-bond donors (Lipinski definition) is 4. The van der Waals surface area contributed by atoms with E-state index in [1.807, 2.05) is 13.8 Å². The van der Waals surface area contributed by atoms with Gasteiger partial charge in [0, 0.05) is 24.4 Å². The van der Waals surface area contributed by atoms with E-state index in [4.69, 9.17) is 0 Å². The molecule has 0 saturated carbocycles. The topological polar surface area (TPSA) is 112 Å². The van der Waals surface area contributed by atoms with Crippen LogP contribution in [0, 0.1) is 5.82 Å². The zero-order valence-electron chi connectivity index (χ0n) is 17.8. The molecule has 3 aromatic heterocycles. The highest BCUT2D eigenvalue weighted by Crippen LogP contribution is 2.28. The summed E-state index contributed by atoms with van der Waals surface area (Å²) in [6.45, 7) is 4.53. The van der Waals surface area contributed by atoms with Crippen molar-refractivity contribution in [3.8, 4) is 0 Å². The molecule has 0 fully saturated rings. The number of aliphatic hydroxyl groups is 1. The molecule has 1 amide bonds. The number of carbonyl (C=O) groups is 1. The van der Waals surface area contributed by atoms with Crippen LogP contribution in [-0.2, 0) is 0 Å². The first-order valence-corrected chi connectivity index (χ1v) is 10.6. The molecular weight excluding hydrogens is 445 g/mol. The second-order valence-electron chi connectivity index (χ2n) is 7.98. The minimum absolute atomic E-state index is 0.0159. The van der Waals surface area contributed by atoms with Crippen molar-refractivity contribution in [3.63, 3.8) is 0 Å². The van der Waals surface area contributed by atoms with Crippen LogP contribution in [0.15, 0.2) is 23.8 Å². The fourth-order valence-electron chi connectivity index (χ4n) is 2.62. The van der Waals surface area contributed by atoms with Crippen LogP contribution in [0.2, 0.25) is 0 Å². The Morgan fingerprint density at radius 2 is 1.97 bits per heavy atom. The third-order valence-electron chi connectivity index (χ3n) is 4.48. The Bertz CT molecular complexity index is 1130. The molecule has 32 heavy (non-hydrogen) atoms. The summed E-state index contributed by atoms with van der Waals surface area (Å²) in [6, 6.07) is 2.61. The summed E-state index contributed by atoms with van der Waals surface area (Å²) in [7, 11) is 0. The molecule has 0 unspecified atom stereocenters. The third-order valence-corrected chi connectivity index (χ3v) is 5.22. The van der Waals surface area contributed by atoms with Crippen LogP contribution in [0.5, 0.6) is 0 Å². The van der Waals surface area contributed by atoms with Crippen molar-refractivity contribution in [1.29, 1.82) is 0 Å². The maximum Gasteiger partial charge on any atom is 0.292 e. The smallest absolute Gasteiger partial charge is 0.292 e. The van der Waals surface area contributed by atoms with Crippen LogP contribution in [0.4, 0.5) is 30.5 Å². The number of pyridine rings is 2. The maximum absolute atomic E-state index is 14.4. The van der Waals surface area contributed by atoms with Gasteiger partial charge in [0.05, 0.1) is 23.3 Å². The third kappa shape index (κ3) is 5.25. The van der Waals surface area contributed by atoms with E-state index in [0.29, 0.717) is 16.0 Å². The Kier molecular flexibility index (Phi) is 6.56. The van der Waals surface area contributed by atoms with Gasteiger partial charge < -0.3 is 21.1 Å². The predicted molar refractivity (Wildman–Crippen MR) is 117 cm³/mol. The van der Waals surface area contributed by atoms with E-state index < -0.39 is 29.8 Å². The summed E-state index contributed by atoms with van der Waals surface area (Å²) in [5.74, 6) is -4.83. The van der Waals surface area contributed by atoms with Crippen molar-refractivity contribution in [2.45, 2.75) is 45.3 Å². The molecule has 0 aliphatic heterocycles. The monoisotopic (exact) mass is 468 g/mol. The average molecular weight is 469 g/mol. The number of hydrogen-bond acceptors (Lipinski definition) is 8. The van der Waals surface area contributed by atoms with Crippen molar-refractivity contribution < 1.29 is 23.1 Å². The molecule has 0 bridgehead atoms. The van der Waals surface area contributed by atoms with Crippen LogP contribution in [0.1, 0.15) is 38.1 Å². The van der Waals surface area contributed by atoms with E-state index in [1.165, 1.54) is 29.7 Å². The van der Waals surface area contributed by atoms with Crippen LogP contribution in [0.3, 0.4) is 0 Å². The lowest BCUT2D eigenvalue weighted by molar-refractivity contribution is -0.156. The Balaban J connectivity index is 1.85. The number of nitrogens with one attached hydrogen (secondary N) is 3. The van der Waals surface area contributed by atoms with Gasteiger partial charge in [-0.25, -0.2) is 28.1 Å². The lowest BCUT2D eigenvalue weighted by Crippen LogP contribution is -2.50. The van der Waals surface area contributed by atoms with E-state index >= 15 is 0 Å². The van der Waals surface area contributed by atoms with Gasteiger partial charge in [0.2, 0.25) is 0 Å². The van der Waals surface area contributed by atoms with E-state index in [2.05, 4.69) is 30.9 Å². The van der Waals surface area contributed by atoms with Crippen LogP contribution < -0.4 is 16.0 Å². The van der Waals surface area contributed by atoms with E-state index in [-0.39, 0.29) is 23.2 Å². The normalized spacial score (nSPS) is 12.3. The zero-order chi connectivity index (χ0) is 23.7. The Morgan fingerprint density at radius 3 is 2.62 bits per heavy atom. The molecule has 0 aliphatic rings. The molecule has 12 heteroatoms. The molecule has 8 nitrogen and oxygen atoms in total. The first-order valence-electron chi connectivity index (χ1n) is 9.69. The molecule has 3 aromatic rings. The largest absolute Gasteiger partial charge is 0.384 e. The lowest BCUT2D eigenvalue weighted by atomic mass is 10.0. The molecular formula is C20H23F3N6O2S. The number of aromatic nitrogens is 3. The number of fused-ring (bicyclic) bond motifs is 1. The summed E-state index contributed by atoms with van der Waals surface area (Å²) in [4.78, 5) is 25.4. The van der Waals surface area contributed by atoms with Gasteiger partial charge in [-0.15, -0.1) is 11.3 Å². The number of thiazole rings is 1. The van der Waals surface area contributed by atoms with Gasteiger partial charge in [-0.1, -0.05) is 0 Å². The van der Waals surface area contributed by atoms with Crippen LogP contribution in [-0.4, -0.2) is 50.1 Å². The molecule has 172 valence electrons. The Hall–Kier alpha value is -2.99. The number of amides is 1. The molecule has 0 atom stereocenters. The highest BCUT2D eigenvalue weighted by atomic mass is 32.1. The molecule has 0 spiro atoms. The number of halogens is 3. The SMILES string of the molecule is CC(C)Nc1cc(Nc2nc3scnc3cc2F)ncc1C(=O)NCC(F)(F)C(C)(C)O. The minimum Gasteiger partial charge on any atom is -0.384 e. The first-order chi connectivity index (χ1) is 14.9. The van der Waals surface area contributed by atoms with Gasteiger partial charge in [-0.05, 0) is 27.7 Å². The van der Waals surface area contributed by atoms with Gasteiger partial charge >= 0.3 is 0 Å². The first kappa shape index (κ1) is 23.7. The van der Waals surface area contributed by atoms with Gasteiger partial charge in [0.15, 0.2) is 11.6 Å². The summed E-state index contributed by atoms with van der Waals surface area (Å²) in [5, 5.41) is 17.5. The van der Waals surface area contributed by atoms with Crippen LogP contribution >= 0.6 is 11.3 Å². The van der Waals surface area contributed by atoms with Crippen LogP contribution in [0.25, 0.3) is 10.3 Å². The highest BCUT2D eigenvalue weighted by Gasteiger charge is 2.45. The Morgan fingerprint density at radius 1 is 1.25 bits per heavy atom. The van der Waals surface area contributed by atoms with Crippen molar-refractivity contribution in [1.82, 2.24) is 20.3 Å².